The van der Waals surface area contributed by atoms with Crippen LogP contribution in [0.3, 0.4) is 0 Å². The number of aliphatic carboxylic acids is 1. The monoisotopic (exact) mass is 302 g/mol. The third-order valence-electron chi connectivity index (χ3n) is 2.66. The Bertz CT molecular complexity index is 692. The third-order valence-corrected chi connectivity index (χ3v) is 3.45. The quantitative estimate of drug-likeness (QED) is 0.832. The number of thiazole rings is 1. The number of hydrogen-bond donors (Lipinski definition) is 2. The molecule has 6 heteroatoms. The molecule has 0 aliphatic carbocycles. The summed E-state index contributed by atoms with van der Waals surface area (Å²) in [5.74, 6) is -1.26. The van der Waals surface area contributed by atoms with E-state index in [0.29, 0.717) is 11.3 Å². The molecule has 0 aliphatic rings. The molecule has 2 N–H and O–H groups in total. The lowest BCUT2D eigenvalue weighted by Crippen LogP contribution is -2.11. The molecular weight excluding hydrogens is 288 g/mol. The minimum Gasteiger partial charge on any atom is -0.481 e. The Kier molecular flexibility index (Phi) is 4.84. The average Bonchev–Trinajstić information content (AvgIpc) is 2.84. The van der Waals surface area contributed by atoms with Crippen molar-refractivity contribution in [2.45, 2.75) is 13.3 Å². The van der Waals surface area contributed by atoms with Crippen LogP contribution in [0.5, 0.6) is 0 Å². The van der Waals surface area contributed by atoms with Gasteiger partial charge >= 0.3 is 5.97 Å². The maximum absolute atomic E-state index is 11.9. The van der Waals surface area contributed by atoms with Gasteiger partial charge in [0.1, 0.15) is 0 Å². The van der Waals surface area contributed by atoms with Gasteiger partial charge in [0.25, 0.3) is 0 Å². The highest BCUT2D eigenvalue weighted by atomic mass is 32.1. The van der Waals surface area contributed by atoms with E-state index in [2.05, 4.69) is 10.3 Å². The maximum atomic E-state index is 11.9. The Morgan fingerprint density at radius 3 is 2.81 bits per heavy atom. The van der Waals surface area contributed by atoms with Gasteiger partial charge in [-0.1, -0.05) is 18.2 Å². The van der Waals surface area contributed by atoms with Crippen molar-refractivity contribution in [3.8, 4) is 0 Å². The van der Waals surface area contributed by atoms with Gasteiger partial charge in [-0.15, -0.1) is 11.3 Å². The zero-order valence-electron chi connectivity index (χ0n) is 11.4. The Balaban J connectivity index is 2.06. The van der Waals surface area contributed by atoms with Crippen molar-refractivity contribution in [3.05, 3.63) is 52.0 Å². The van der Waals surface area contributed by atoms with Crippen molar-refractivity contribution in [2.75, 3.05) is 5.32 Å². The van der Waals surface area contributed by atoms with Gasteiger partial charge in [-0.25, -0.2) is 4.98 Å². The van der Waals surface area contributed by atoms with E-state index in [9.17, 15) is 9.59 Å². The number of carbonyl (C=O) groups is 2. The molecule has 0 saturated carbocycles. The number of benzene rings is 1. The number of amides is 1. The highest BCUT2D eigenvalue weighted by Gasteiger charge is 2.07. The summed E-state index contributed by atoms with van der Waals surface area (Å²) in [6, 6.07) is 6.84. The van der Waals surface area contributed by atoms with Gasteiger partial charge in [0.2, 0.25) is 5.91 Å². The fourth-order valence-corrected chi connectivity index (χ4v) is 2.33. The van der Waals surface area contributed by atoms with Gasteiger partial charge in [-0.3, -0.25) is 9.59 Å². The summed E-state index contributed by atoms with van der Waals surface area (Å²) in [7, 11) is 0. The summed E-state index contributed by atoms with van der Waals surface area (Å²) in [5.41, 5.74) is 1.80. The van der Waals surface area contributed by atoms with Crippen LogP contribution in [0.25, 0.3) is 6.08 Å². The SMILES string of the molecule is Cc1nc(C=CC(=O)Nc2ccccc2CC(=O)O)cs1. The zero-order chi connectivity index (χ0) is 15.2. The zero-order valence-corrected chi connectivity index (χ0v) is 12.2. The van der Waals surface area contributed by atoms with Gasteiger partial charge in [-0.2, -0.15) is 0 Å². The van der Waals surface area contributed by atoms with E-state index in [1.54, 1.807) is 30.3 Å². The van der Waals surface area contributed by atoms with Crippen LogP contribution in [-0.2, 0) is 16.0 Å². The van der Waals surface area contributed by atoms with Gasteiger partial charge in [0, 0.05) is 17.1 Å². The van der Waals surface area contributed by atoms with Crippen LogP contribution < -0.4 is 5.32 Å². The molecule has 1 aromatic carbocycles. The predicted molar refractivity (Wildman–Crippen MR) is 82.3 cm³/mol. The van der Waals surface area contributed by atoms with Crippen LogP contribution in [0.2, 0.25) is 0 Å². The highest BCUT2D eigenvalue weighted by Crippen LogP contribution is 2.16. The van der Waals surface area contributed by atoms with E-state index >= 15 is 0 Å². The van der Waals surface area contributed by atoms with Crippen molar-refractivity contribution < 1.29 is 14.7 Å². The summed E-state index contributed by atoms with van der Waals surface area (Å²) in [6.07, 6.45) is 2.87. The van der Waals surface area contributed by atoms with Crippen molar-refractivity contribution in [2.24, 2.45) is 0 Å². The summed E-state index contributed by atoms with van der Waals surface area (Å²) >= 11 is 1.51. The first-order chi connectivity index (χ1) is 10.0. The number of nitrogens with one attached hydrogen (secondary N) is 1. The Labute approximate surface area is 126 Å². The topological polar surface area (TPSA) is 79.3 Å². The molecule has 2 rings (SSSR count). The second-order valence-corrected chi connectivity index (χ2v) is 5.40. The molecular formula is C15H14N2O3S. The number of carboxylic acids is 1. The molecule has 0 atom stereocenters. The molecule has 0 radical (unpaired) electrons. The molecule has 0 aliphatic heterocycles. The van der Waals surface area contributed by atoms with E-state index in [0.717, 1.165) is 10.7 Å². The molecule has 0 unspecified atom stereocenters. The molecule has 0 fully saturated rings. The van der Waals surface area contributed by atoms with Crippen LogP contribution in [0.1, 0.15) is 16.3 Å². The van der Waals surface area contributed by atoms with Crippen LogP contribution in [0.4, 0.5) is 5.69 Å². The Morgan fingerprint density at radius 1 is 1.38 bits per heavy atom. The standard InChI is InChI=1S/C15H14N2O3S/c1-10-16-12(9-21-10)6-7-14(18)17-13-5-3-2-4-11(13)8-15(19)20/h2-7,9H,8H2,1H3,(H,17,18)(H,19,20). The number of hydrogen-bond acceptors (Lipinski definition) is 4. The Morgan fingerprint density at radius 2 is 2.14 bits per heavy atom. The second-order valence-electron chi connectivity index (χ2n) is 4.34. The highest BCUT2D eigenvalue weighted by molar-refractivity contribution is 7.09. The van der Waals surface area contributed by atoms with Crippen LogP contribution >= 0.6 is 11.3 Å². The number of nitrogens with zero attached hydrogens (tertiary/aromatic N) is 1. The van der Waals surface area contributed by atoms with Crippen LogP contribution in [0, 0.1) is 6.92 Å². The van der Waals surface area contributed by atoms with Crippen LogP contribution in [0.15, 0.2) is 35.7 Å². The van der Waals surface area contributed by atoms with Gasteiger partial charge < -0.3 is 10.4 Å². The fraction of sp³-hybridized carbons (Fsp3) is 0.133. The molecule has 0 bridgehead atoms. The Hall–Kier alpha value is -2.47. The first-order valence-electron chi connectivity index (χ1n) is 6.25. The fourth-order valence-electron chi connectivity index (χ4n) is 1.75. The predicted octanol–water partition coefficient (Wildman–Crippen LogP) is 2.73. The minimum absolute atomic E-state index is 0.133. The lowest BCUT2D eigenvalue weighted by atomic mass is 10.1. The largest absolute Gasteiger partial charge is 0.481 e. The van der Waals surface area contributed by atoms with E-state index in [1.807, 2.05) is 12.3 Å². The van der Waals surface area contributed by atoms with Gasteiger partial charge in [0.05, 0.1) is 17.1 Å². The lowest BCUT2D eigenvalue weighted by molar-refractivity contribution is -0.136. The smallest absolute Gasteiger partial charge is 0.307 e. The van der Waals surface area contributed by atoms with Crippen molar-refractivity contribution in [1.82, 2.24) is 4.98 Å². The maximum Gasteiger partial charge on any atom is 0.307 e. The van der Waals surface area contributed by atoms with E-state index in [-0.39, 0.29) is 12.3 Å². The molecule has 1 heterocycles. The van der Waals surface area contributed by atoms with E-state index < -0.39 is 5.97 Å². The number of para-hydroxylation sites is 1. The average molecular weight is 302 g/mol. The van der Waals surface area contributed by atoms with Crippen molar-refractivity contribution in [1.29, 1.82) is 0 Å². The van der Waals surface area contributed by atoms with Gasteiger partial charge in [-0.05, 0) is 24.6 Å². The normalized spacial score (nSPS) is 10.7. The summed E-state index contributed by atoms with van der Waals surface area (Å²) in [4.78, 5) is 26.9. The summed E-state index contributed by atoms with van der Waals surface area (Å²) in [5, 5.41) is 14.3. The number of carboxylic acid groups (broad SMARTS) is 1. The molecule has 21 heavy (non-hydrogen) atoms. The van der Waals surface area contributed by atoms with E-state index in [1.165, 1.54) is 17.4 Å². The number of rotatable bonds is 5. The van der Waals surface area contributed by atoms with E-state index in [4.69, 9.17) is 5.11 Å². The number of anilines is 1. The third kappa shape index (κ3) is 4.54. The van der Waals surface area contributed by atoms with Crippen molar-refractivity contribution in [3.63, 3.8) is 0 Å². The minimum atomic E-state index is -0.940. The molecule has 0 spiro atoms. The summed E-state index contributed by atoms with van der Waals surface area (Å²) in [6.45, 7) is 1.89. The molecule has 5 nitrogen and oxygen atoms in total. The molecule has 2 aromatic rings. The number of aryl methyl sites for hydroxylation is 1. The summed E-state index contributed by atoms with van der Waals surface area (Å²) < 4.78 is 0. The van der Waals surface area contributed by atoms with Gasteiger partial charge in [0.15, 0.2) is 0 Å². The molecule has 108 valence electrons. The molecule has 1 amide bonds. The second kappa shape index (κ2) is 6.81. The molecule has 1 aromatic heterocycles. The first-order valence-corrected chi connectivity index (χ1v) is 7.13. The number of aromatic nitrogens is 1. The van der Waals surface area contributed by atoms with Crippen LogP contribution in [-0.4, -0.2) is 22.0 Å². The first kappa shape index (κ1) is 14.9. The van der Waals surface area contributed by atoms with Crippen molar-refractivity contribution >= 4 is 35.0 Å². The number of carbonyl (C=O) groups excluding carboxylic acids is 1. The lowest BCUT2D eigenvalue weighted by Gasteiger charge is -2.07. The molecule has 0 saturated heterocycles.